The van der Waals surface area contributed by atoms with Crippen molar-refractivity contribution in [3.05, 3.63) is 12.2 Å². The van der Waals surface area contributed by atoms with Gasteiger partial charge < -0.3 is 14.2 Å². The normalized spacial score (nSPS) is 12.0. The molecule has 51 heavy (non-hydrogen) atoms. The van der Waals surface area contributed by atoms with E-state index in [0.717, 1.165) is 51.4 Å². The van der Waals surface area contributed by atoms with Crippen LogP contribution in [0.15, 0.2) is 12.2 Å². The van der Waals surface area contributed by atoms with Gasteiger partial charge in [-0.05, 0) is 38.5 Å². The van der Waals surface area contributed by atoms with Crippen molar-refractivity contribution in [1.29, 1.82) is 0 Å². The van der Waals surface area contributed by atoms with E-state index < -0.39 is 6.10 Å². The molecule has 0 radical (unpaired) electrons. The molecule has 0 saturated heterocycles. The zero-order chi connectivity index (χ0) is 37.3. The number of unbranched alkanes of at least 4 members (excludes halogenated alkanes) is 27. The van der Waals surface area contributed by atoms with Crippen LogP contribution in [-0.2, 0) is 28.6 Å². The predicted octanol–water partition coefficient (Wildman–Crippen LogP) is 13.9. The predicted molar refractivity (Wildman–Crippen MR) is 215 cm³/mol. The third kappa shape index (κ3) is 39.2. The third-order valence-corrected chi connectivity index (χ3v) is 9.77. The first kappa shape index (κ1) is 49.1. The Labute approximate surface area is 316 Å². The Bertz CT molecular complexity index is 794. The maximum absolute atomic E-state index is 12.6. The van der Waals surface area contributed by atoms with Gasteiger partial charge in [0.2, 0.25) is 0 Å². The van der Waals surface area contributed by atoms with Gasteiger partial charge in [0, 0.05) is 19.3 Å². The summed E-state index contributed by atoms with van der Waals surface area (Å²) >= 11 is 0. The Morgan fingerprint density at radius 3 is 1.04 bits per heavy atom. The molecule has 0 bridgehead atoms. The molecule has 0 heterocycles. The molecule has 0 aromatic rings. The number of carbonyl (C=O) groups excluding carboxylic acids is 3. The molecule has 0 aromatic carbocycles. The molecule has 0 amide bonds. The van der Waals surface area contributed by atoms with Gasteiger partial charge in [-0.3, -0.25) is 14.4 Å². The van der Waals surface area contributed by atoms with E-state index >= 15 is 0 Å². The fourth-order valence-electron chi connectivity index (χ4n) is 6.39. The van der Waals surface area contributed by atoms with Crippen molar-refractivity contribution in [2.75, 3.05) is 13.2 Å². The van der Waals surface area contributed by atoms with E-state index in [2.05, 4.69) is 32.9 Å². The van der Waals surface area contributed by atoms with E-state index in [1.165, 1.54) is 141 Å². The number of carbonyl (C=O) groups is 3. The van der Waals surface area contributed by atoms with Crippen LogP contribution < -0.4 is 0 Å². The van der Waals surface area contributed by atoms with Crippen molar-refractivity contribution in [3.8, 4) is 0 Å². The number of allylic oxidation sites excluding steroid dienone is 2. The number of hydrogen-bond donors (Lipinski definition) is 0. The highest BCUT2D eigenvalue weighted by molar-refractivity contribution is 5.71. The lowest BCUT2D eigenvalue weighted by Gasteiger charge is -2.18. The maximum atomic E-state index is 12.6. The van der Waals surface area contributed by atoms with Crippen LogP contribution in [0.3, 0.4) is 0 Å². The summed E-state index contributed by atoms with van der Waals surface area (Å²) in [5.74, 6) is -0.909. The highest BCUT2D eigenvalue weighted by Gasteiger charge is 2.19. The summed E-state index contributed by atoms with van der Waals surface area (Å²) in [5.41, 5.74) is 0. The van der Waals surface area contributed by atoms with Crippen LogP contribution in [0.4, 0.5) is 0 Å². The minimum absolute atomic E-state index is 0.0771. The van der Waals surface area contributed by atoms with Gasteiger partial charge in [-0.2, -0.15) is 0 Å². The molecule has 0 N–H and O–H groups in total. The van der Waals surface area contributed by atoms with E-state index in [9.17, 15) is 14.4 Å². The standard InChI is InChI=1S/C45H84O6/c1-4-7-10-13-16-19-20-21-22-23-24-27-29-32-35-38-44(47)50-41-42(51-45(48)39-36-33-30-26-18-15-12-9-6-3)40-49-43(46)37-34-31-28-25-17-14-11-8-5-2/h26,30,42H,4-25,27-29,31-41H2,1-3H3/b30-26-. The van der Waals surface area contributed by atoms with Gasteiger partial charge in [0.15, 0.2) is 6.10 Å². The topological polar surface area (TPSA) is 78.9 Å². The molecule has 1 atom stereocenters. The molecule has 0 aliphatic carbocycles. The summed E-state index contributed by atoms with van der Waals surface area (Å²) in [6.45, 7) is 6.57. The van der Waals surface area contributed by atoms with Gasteiger partial charge in [-0.25, -0.2) is 0 Å². The molecule has 0 rings (SSSR count). The van der Waals surface area contributed by atoms with Crippen molar-refractivity contribution < 1.29 is 28.6 Å². The molecule has 6 nitrogen and oxygen atoms in total. The van der Waals surface area contributed by atoms with Crippen molar-refractivity contribution in [3.63, 3.8) is 0 Å². The van der Waals surface area contributed by atoms with E-state index in [1.54, 1.807) is 0 Å². The first-order valence-corrected chi connectivity index (χ1v) is 22.2. The summed E-state index contributed by atoms with van der Waals surface area (Å²) < 4.78 is 16.6. The highest BCUT2D eigenvalue weighted by atomic mass is 16.6. The van der Waals surface area contributed by atoms with Crippen LogP contribution in [0, 0.1) is 0 Å². The summed E-state index contributed by atoms with van der Waals surface area (Å²) in [7, 11) is 0. The summed E-state index contributed by atoms with van der Waals surface area (Å²) in [5, 5.41) is 0. The second kappa shape index (κ2) is 40.9. The van der Waals surface area contributed by atoms with Gasteiger partial charge in [-0.1, -0.05) is 193 Å². The van der Waals surface area contributed by atoms with Crippen molar-refractivity contribution in [2.45, 2.75) is 245 Å². The van der Waals surface area contributed by atoms with Crippen molar-refractivity contribution in [1.82, 2.24) is 0 Å². The molecule has 0 aromatic heterocycles. The number of esters is 3. The lowest BCUT2D eigenvalue weighted by molar-refractivity contribution is -0.167. The Morgan fingerprint density at radius 1 is 0.373 bits per heavy atom. The monoisotopic (exact) mass is 721 g/mol. The Hall–Kier alpha value is -1.85. The molecule has 0 spiro atoms. The summed E-state index contributed by atoms with van der Waals surface area (Å²) in [6.07, 6.45) is 42.1. The van der Waals surface area contributed by atoms with Gasteiger partial charge in [-0.15, -0.1) is 0 Å². The molecular formula is C45H84O6. The van der Waals surface area contributed by atoms with Crippen LogP contribution >= 0.6 is 0 Å². The lowest BCUT2D eigenvalue weighted by atomic mass is 10.0. The van der Waals surface area contributed by atoms with Crippen LogP contribution in [-0.4, -0.2) is 37.2 Å². The van der Waals surface area contributed by atoms with E-state index in [0.29, 0.717) is 19.3 Å². The Kier molecular flexibility index (Phi) is 39.4. The van der Waals surface area contributed by atoms with E-state index in [4.69, 9.17) is 14.2 Å². The first-order valence-electron chi connectivity index (χ1n) is 22.2. The van der Waals surface area contributed by atoms with E-state index in [-0.39, 0.29) is 37.5 Å². The second-order valence-electron chi connectivity index (χ2n) is 15.0. The minimum atomic E-state index is -0.774. The molecule has 6 heteroatoms. The van der Waals surface area contributed by atoms with Crippen molar-refractivity contribution >= 4 is 17.9 Å². The lowest BCUT2D eigenvalue weighted by Crippen LogP contribution is -2.30. The average Bonchev–Trinajstić information content (AvgIpc) is 3.12. The number of rotatable bonds is 40. The van der Waals surface area contributed by atoms with Crippen molar-refractivity contribution in [2.24, 2.45) is 0 Å². The molecule has 300 valence electrons. The van der Waals surface area contributed by atoms with Gasteiger partial charge >= 0.3 is 17.9 Å². The molecule has 0 saturated carbocycles. The first-order chi connectivity index (χ1) is 25.0. The highest BCUT2D eigenvalue weighted by Crippen LogP contribution is 2.15. The fourth-order valence-corrected chi connectivity index (χ4v) is 6.39. The van der Waals surface area contributed by atoms with Crippen LogP contribution in [0.1, 0.15) is 239 Å². The zero-order valence-electron chi connectivity index (χ0n) is 34.1. The van der Waals surface area contributed by atoms with Crippen LogP contribution in [0.2, 0.25) is 0 Å². The zero-order valence-corrected chi connectivity index (χ0v) is 34.1. The number of hydrogen-bond acceptors (Lipinski definition) is 6. The molecule has 0 fully saturated rings. The second-order valence-corrected chi connectivity index (χ2v) is 15.0. The maximum Gasteiger partial charge on any atom is 0.306 e. The summed E-state index contributed by atoms with van der Waals surface area (Å²) in [6, 6.07) is 0. The molecule has 0 aliphatic heterocycles. The SMILES string of the molecule is CCCCCC/C=C\CCCC(=O)OC(COC(=O)CCCCCCCCCCC)COC(=O)CCCCCCCCCCCCCCCCC. The minimum Gasteiger partial charge on any atom is -0.462 e. The van der Waals surface area contributed by atoms with Gasteiger partial charge in [0.05, 0.1) is 0 Å². The largest absolute Gasteiger partial charge is 0.462 e. The summed E-state index contributed by atoms with van der Waals surface area (Å²) in [4.78, 5) is 37.5. The third-order valence-electron chi connectivity index (χ3n) is 9.77. The van der Waals surface area contributed by atoms with Gasteiger partial charge in [0.25, 0.3) is 0 Å². The number of ether oxygens (including phenoxy) is 3. The average molecular weight is 721 g/mol. The Balaban J connectivity index is 4.29. The quantitative estimate of drug-likeness (QED) is 0.0271. The molecular weight excluding hydrogens is 636 g/mol. The van der Waals surface area contributed by atoms with Crippen LogP contribution in [0.5, 0.6) is 0 Å². The van der Waals surface area contributed by atoms with Gasteiger partial charge in [0.1, 0.15) is 13.2 Å². The van der Waals surface area contributed by atoms with E-state index in [1.807, 2.05) is 0 Å². The molecule has 1 unspecified atom stereocenters. The smallest absolute Gasteiger partial charge is 0.306 e. The molecule has 0 aliphatic rings. The fraction of sp³-hybridized carbons (Fsp3) is 0.889. The Morgan fingerprint density at radius 2 is 0.667 bits per heavy atom. The van der Waals surface area contributed by atoms with Crippen LogP contribution in [0.25, 0.3) is 0 Å².